The van der Waals surface area contributed by atoms with Crippen molar-refractivity contribution >= 4 is 17.0 Å². The van der Waals surface area contributed by atoms with E-state index in [0.29, 0.717) is 0 Å². The number of allylic oxidation sites excluding steroid dienone is 4. The van der Waals surface area contributed by atoms with Gasteiger partial charge in [0.05, 0.1) is 0 Å². The molecule has 3 heteroatoms. The molecule has 0 aromatic rings. The monoisotopic (exact) mass is 340 g/mol. The van der Waals surface area contributed by atoms with Gasteiger partial charge in [-0.3, -0.25) is 0 Å². The Hall–Kier alpha value is 0.943. The zero-order valence-electron chi connectivity index (χ0n) is 9.18. The van der Waals surface area contributed by atoms with E-state index in [2.05, 4.69) is 43.6 Å². The molecule has 3 aliphatic carbocycles. The van der Waals surface area contributed by atoms with Crippen LogP contribution < -0.4 is 0 Å². The Morgan fingerprint density at radius 2 is 1.00 bits per heavy atom. The van der Waals surface area contributed by atoms with Crippen LogP contribution in [0, 0.1) is 63.2 Å². The van der Waals surface area contributed by atoms with Gasteiger partial charge in [-0.05, 0) is 51.4 Å². The molecule has 10 radical (unpaired) electrons. The molecule has 0 saturated heterocycles. The molecule has 2 saturated carbocycles. The average Bonchev–Trinajstić information content (AvgIpc) is 3.05. The van der Waals surface area contributed by atoms with Crippen molar-refractivity contribution < 1.29 is 20.8 Å². The summed E-state index contributed by atoms with van der Waals surface area (Å²) in [5.41, 5.74) is 0. The maximum absolute atomic E-state index is 4.93. The summed E-state index contributed by atoms with van der Waals surface area (Å²) in [5, 5.41) is 0. The van der Waals surface area contributed by atoms with Gasteiger partial charge in [0, 0.05) is 11.8 Å². The summed E-state index contributed by atoms with van der Waals surface area (Å²) >= 11 is -0.826. The third-order valence-corrected chi connectivity index (χ3v) is 2.10. The summed E-state index contributed by atoms with van der Waals surface area (Å²) in [6, 6.07) is 0. The van der Waals surface area contributed by atoms with E-state index in [1.807, 2.05) is 32.1 Å². The Labute approximate surface area is 125 Å². The molecule has 3 aliphatic rings. The van der Waals surface area contributed by atoms with Crippen molar-refractivity contribution in [3.8, 4) is 0 Å². The van der Waals surface area contributed by atoms with Gasteiger partial charge in [-0.1, -0.05) is 24.3 Å². The minimum absolute atomic E-state index is 0.826. The predicted molar refractivity (Wildman–Crippen MR) is 70.9 cm³/mol. The van der Waals surface area contributed by atoms with E-state index in [1.54, 1.807) is 0 Å². The van der Waals surface area contributed by atoms with Gasteiger partial charge in [0.1, 0.15) is 0 Å². The van der Waals surface area contributed by atoms with Crippen LogP contribution in [0.15, 0.2) is 24.3 Å². The molecule has 17 heavy (non-hydrogen) atoms. The van der Waals surface area contributed by atoms with Crippen molar-refractivity contribution in [2.45, 2.75) is 0 Å². The SMILES string of the molecule is [CH]1[CH][CH][CH][CH]1.[CH]1[CH][C]2C=CC=C[C]2[CH]1.[Cl][Zr+2][Cl]. The molecule has 3 rings (SSSR count). The second-order valence-corrected chi connectivity index (χ2v) is 6.92. The van der Waals surface area contributed by atoms with E-state index in [4.69, 9.17) is 17.0 Å². The van der Waals surface area contributed by atoms with Crippen molar-refractivity contribution in [1.29, 1.82) is 0 Å². The first-order chi connectivity index (χ1) is 8.38. The van der Waals surface area contributed by atoms with Crippen LogP contribution >= 0.6 is 17.0 Å². The van der Waals surface area contributed by atoms with Gasteiger partial charge in [0.25, 0.3) is 0 Å². The van der Waals surface area contributed by atoms with E-state index in [0.717, 1.165) is 0 Å². The first-order valence-corrected chi connectivity index (χ1v) is 11.4. The molecule has 0 heterocycles. The molecule has 0 unspecified atom stereocenters. The summed E-state index contributed by atoms with van der Waals surface area (Å²) in [6.45, 7) is 0. The summed E-state index contributed by atoms with van der Waals surface area (Å²) in [5.74, 6) is 2.66. The zero-order valence-corrected chi connectivity index (χ0v) is 13.2. The van der Waals surface area contributed by atoms with Crippen LogP contribution in [0.1, 0.15) is 0 Å². The molecule has 0 N–H and O–H groups in total. The molecule has 0 aromatic carbocycles. The average molecular weight is 342 g/mol. The first kappa shape index (κ1) is 16.0. The summed E-state index contributed by atoms with van der Waals surface area (Å²) in [6.07, 6.45) is 24.7. The standard InChI is InChI=1S/C9H7.C5H5.2ClH.Zr/c1-2-5-9-7-3-6-8(9)4-1;1-2-4-5-3-1;;;/h1-7H;1-5H;2*1H;/q;;;;+4/p-2. The van der Waals surface area contributed by atoms with Crippen molar-refractivity contribution in [2.24, 2.45) is 0 Å². The molecule has 2 fully saturated rings. The Bertz CT molecular complexity index is 209. The molecular weight excluding hydrogens is 330 g/mol. The summed E-state index contributed by atoms with van der Waals surface area (Å²) in [4.78, 5) is 0. The molecular formula is C14H12Cl2Zr+2. The fourth-order valence-electron chi connectivity index (χ4n) is 1.39. The third kappa shape index (κ3) is 7.19. The van der Waals surface area contributed by atoms with Gasteiger partial charge in [-0.25, -0.2) is 0 Å². The fraction of sp³-hybridized carbons (Fsp3) is 0. The Morgan fingerprint density at radius 3 is 1.35 bits per heavy atom. The van der Waals surface area contributed by atoms with Crippen molar-refractivity contribution in [3.63, 3.8) is 0 Å². The maximum atomic E-state index is 4.93. The van der Waals surface area contributed by atoms with E-state index in [1.165, 1.54) is 11.8 Å². The molecule has 0 aromatic heterocycles. The molecule has 0 aliphatic heterocycles. The van der Waals surface area contributed by atoms with Crippen molar-refractivity contribution in [2.75, 3.05) is 0 Å². The van der Waals surface area contributed by atoms with Crippen LogP contribution in [-0.2, 0) is 20.8 Å². The summed E-state index contributed by atoms with van der Waals surface area (Å²) < 4.78 is 0. The normalized spacial score (nSPS) is 22.0. The van der Waals surface area contributed by atoms with Crippen LogP contribution in [0.4, 0.5) is 0 Å². The van der Waals surface area contributed by atoms with Crippen LogP contribution in [0.5, 0.6) is 0 Å². The Kier molecular flexibility index (Phi) is 10.2. The van der Waals surface area contributed by atoms with Crippen molar-refractivity contribution in [1.82, 2.24) is 0 Å². The molecule has 0 amide bonds. The summed E-state index contributed by atoms with van der Waals surface area (Å²) in [7, 11) is 9.87. The van der Waals surface area contributed by atoms with Gasteiger partial charge < -0.3 is 0 Å². The number of hydrogen-bond donors (Lipinski definition) is 0. The minimum atomic E-state index is -0.826. The van der Waals surface area contributed by atoms with E-state index in [-0.39, 0.29) is 0 Å². The Morgan fingerprint density at radius 1 is 0.647 bits per heavy atom. The number of fused-ring (bicyclic) bond motifs is 1. The van der Waals surface area contributed by atoms with E-state index >= 15 is 0 Å². The second-order valence-electron chi connectivity index (χ2n) is 3.19. The molecule has 0 nitrogen and oxygen atoms in total. The van der Waals surface area contributed by atoms with Crippen LogP contribution in [0.2, 0.25) is 0 Å². The first-order valence-electron chi connectivity index (χ1n) is 5.12. The second kappa shape index (κ2) is 10.8. The quantitative estimate of drug-likeness (QED) is 0.616. The molecule has 0 spiro atoms. The van der Waals surface area contributed by atoms with Crippen molar-refractivity contribution in [3.05, 3.63) is 87.5 Å². The van der Waals surface area contributed by atoms with Crippen LogP contribution in [0.25, 0.3) is 0 Å². The van der Waals surface area contributed by atoms with Gasteiger partial charge >= 0.3 is 37.9 Å². The zero-order chi connectivity index (χ0) is 12.3. The van der Waals surface area contributed by atoms with E-state index < -0.39 is 20.8 Å². The third-order valence-electron chi connectivity index (χ3n) is 2.10. The van der Waals surface area contributed by atoms with Crippen LogP contribution in [0.3, 0.4) is 0 Å². The fourth-order valence-corrected chi connectivity index (χ4v) is 1.39. The number of rotatable bonds is 0. The molecule has 0 bridgehead atoms. The topological polar surface area (TPSA) is 0 Å². The molecule has 84 valence electrons. The van der Waals surface area contributed by atoms with Gasteiger partial charge in [-0.2, -0.15) is 0 Å². The van der Waals surface area contributed by atoms with Crippen LogP contribution in [-0.4, -0.2) is 0 Å². The van der Waals surface area contributed by atoms with E-state index in [9.17, 15) is 0 Å². The van der Waals surface area contributed by atoms with Gasteiger partial charge in [0.2, 0.25) is 0 Å². The number of halogens is 2. The van der Waals surface area contributed by atoms with Gasteiger partial charge in [-0.15, -0.1) is 0 Å². The van der Waals surface area contributed by atoms with Gasteiger partial charge in [0.15, 0.2) is 0 Å². The Balaban J connectivity index is 0.000000154. The number of hydrogen-bond acceptors (Lipinski definition) is 0. The molecule has 0 atom stereocenters. The predicted octanol–water partition coefficient (Wildman–Crippen LogP) is 4.29.